The van der Waals surface area contributed by atoms with E-state index in [4.69, 9.17) is 10.2 Å². The third-order valence-electron chi connectivity index (χ3n) is 2.13. The molecule has 0 saturated heterocycles. The van der Waals surface area contributed by atoms with Crippen molar-refractivity contribution in [2.24, 2.45) is 0 Å². The Kier molecular flexibility index (Phi) is 4.59. The zero-order valence-corrected chi connectivity index (χ0v) is 9.24. The first-order chi connectivity index (χ1) is 8.41. The largest absolute Gasteiger partial charge is 0.503 e. The fourth-order valence-corrected chi connectivity index (χ4v) is 1.24. The molecule has 0 bridgehead atoms. The standard InChI is InChI=1S/C11H11F2NO4/c12-7-4-6(5-8(13)10(7)17)11(18)14-3-1-2-9(15)16/h4-5,17H,1-3H2,(H,14,18)(H,15,16). The van der Waals surface area contributed by atoms with Crippen molar-refractivity contribution in [1.82, 2.24) is 5.32 Å². The van der Waals surface area contributed by atoms with Gasteiger partial charge in [0.15, 0.2) is 17.4 Å². The van der Waals surface area contributed by atoms with Gasteiger partial charge in [0.1, 0.15) is 0 Å². The van der Waals surface area contributed by atoms with Gasteiger partial charge in [-0.05, 0) is 18.6 Å². The van der Waals surface area contributed by atoms with Crippen molar-refractivity contribution in [2.45, 2.75) is 12.8 Å². The van der Waals surface area contributed by atoms with Gasteiger partial charge >= 0.3 is 5.97 Å². The molecule has 0 aliphatic heterocycles. The van der Waals surface area contributed by atoms with Gasteiger partial charge in [-0.15, -0.1) is 0 Å². The van der Waals surface area contributed by atoms with Gasteiger partial charge in [-0.3, -0.25) is 9.59 Å². The number of rotatable bonds is 5. The number of aromatic hydroxyl groups is 1. The molecule has 98 valence electrons. The average molecular weight is 259 g/mol. The van der Waals surface area contributed by atoms with E-state index in [1.54, 1.807) is 0 Å². The Hall–Kier alpha value is -2.18. The Morgan fingerprint density at radius 3 is 2.28 bits per heavy atom. The summed E-state index contributed by atoms with van der Waals surface area (Å²) in [7, 11) is 0. The summed E-state index contributed by atoms with van der Waals surface area (Å²) in [5.41, 5.74) is -0.280. The molecular weight excluding hydrogens is 248 g/mol. The van der Waals surface area contributed by atoms with E-state index in [9.17, 15) is 18.4 Å². The third kappa shape index (κ3) is 3.69. The Morgan fingerprint density at radius 1 is 1.22 bits per heavy atom. The van der Waals surface area contributed by atoms with Crippen LogP contribution < -0.4 is 5.32 Å². The van der Waals surface area contributed by atoms with E-state index < -0.39 is 29.3 Å². The summed E-state index contributed by atoms with van der Waals surface area (Å²) in [4.78, 5) is 21.6. The summed E-state index contributed by atoms with van der Waals surface area (Å²) in [6.07, 6.45) is 0.0999. The molecule has 5 nitrogen and oxygen atoms in total. The van der Waals surface area contributed by atoms with Crippen LogP contribution in [0.3, 0.4) is 0 Å². The van der Waals surface area contributed by atoms with E-state index in [0.29, 0.717) is 12.1 Å². The van der Waals surface area contributed by atoms with E-state index in [1.165, 1.54) is 0 Å². The third-order valence-corrected chi connectivity index (χ3v) is 2.13. The van der Waals surface area contributed by atoms with E-state index >= 15 is 0 Å². The summed E-state index contributed by atoms with van der Waals surface area (Å²) in [6, 6.07) is 1.40. The van der Waals surface area contributed by atoms with Gasteiger partial charge in [0, 0.05) is 18.5 Å². The fourth-order valence-electron chi connectivity index (χ4n) is 1.24. The lowest BCUT2D eigenvalue weighted by molar-refractivity contribution is -0.137. The molecule has 0 atom stereocenters. The molecule has 1 amide bonds. The highest BCUT2D eigenvalue weighted by Crippen LogP contribution is 2.21. The summed E-state index contributed by atoms with van der Waals surface area (Å²) >= 11 is 0. The minimum absolute atomic E-state index is 0.0786. The van der Waals surface area contributed by atoms with Gasteiger partial charge in [0.2, 0.25) is 0 Å². The second-order valence-corrected chi connectivity index (χ2v) is 3.54. The second kappa shape index (κ2) is 5.95. The van der Waals surface area contributed by atoms with E-state index in [0.717, 1.165) is 0 Å². The van der Waals surface area contributed by atoms with Gasteiger partial charge in [0.25, 0.3) is 5.91 Å². The van der Waals surface area contributed by atoms with Crippen molar-refractivity contribution in [1.29, 1.82) is 0 Å². The lowest BCUT2D eigenvalue weighted by Crippen LogP contribution is -2.25. The maximum absolute atomic E-state index is 12.9. The number of carboxylic acids is 1. The van der Waals surface area contributed by atoms with Crippen LogP contribution in [0.1, 0.15) is 23.2 Å². The number of phenols is 1. The predicted molar refractivity (Wildman–Crippen MR) is 57.2 cm³/mol. The first-order valence-corrected chi connectivity index (χ1v) is 5.10. The van der Waals surface area contributed by atoms with Gasteiger partial charge in [0.05, 0.1) is 0 Å². The summed E-state index contributed by atoms with van der Waals surface area (Å²) < 4.78 is 25.9. The number of carbonyl (C=O) groups excluding carboxylic acids is 1. The normalized spacial score (nSPS) is 10.1. The zero-order chi connectivity index (χ0) is 13.7. The van der Waals surface area contributed by atoms with Crippen molar-refractivity contribution in [3.63, 3.8) is 0 Å². The molecule has 0 radical (unpaired) electrons. The molecule has 1 rings (SSSR count). The van der Waals surface area contributed by atoms with Crippen molar-refractivity contribution in [3.8, 4) is 5.75 Å². The molecule has 0 heterocycles. The Bertz CT molecular complexity index is 453. The van der Waals surface area contributed by atoms with Crippen LogP contribution in [0.5, 0.6) is 5.75 Å². The van der Waals surface area contributed by atoms with E-state index in [1.807, 2.05) is 0 Å². The van der Waals surface area contributed by atoms with Crippen LogP contribution in [0.25, 0.3) is 0 Å². The topological polar surface area (TPSA) is 86.6 Å². The van der Waals surface area contributed by atoms with Crippen molar-refractivity contribution >= 4 is 11.9 Å². The van der Waals surface area contributed by atoms with E-state index in [-0.39, 0.29) is 24.9 Å². The van der Waals surface area contributed by atoms with E-state index in [2.05, 4.69) is 5.32 Å². The number of hydrogen-bond acceptors (Lipinski definition) is 3. The second-order valence-electron chi connectivity index (χ2n) is 3.54. The average Bonchev–Trinajstić information content (AvgIpc) is 2.30. The lowest BCUT2D eigenvalue weighted by atomic mass is 10.2. The molecule has 0 aliphatic carbocycles. The van der Waals surface area contributed by atoms with Crippen LogP contribution >= 0.6 is 0 Å². The smallest absolute Gasteiger partial charge is 0.303 e. The highest BCUT2D eigenvalue weighted by Gasteiger charge is 2.14. The molecule has 1 aromatic rings. The van der Waals surface area contributed by atoms with Crippen LogP contribution in [0.2, 0.25) is 0 Å². The fraction of sp³-hybridized carbons (Fsp3) is 0.273. The highest BCUT2D eigenvalue weighted by atomic mass is 19.1. The molecule has 0 spiro atoms. The van der Waals surface area contributed by atoms with Crippen molar-refractivity contribution in [2.75, 3.05) is 6.54 Å². The molecule has 18 heavy (non-hydrogen) atoms. The zero-order valence-electron chi connectivity index (χ0n) is 9.24. The molecule has 0 saturated carbocycles. The first kappa shape index (κ1) is 13.9. The van der Waals surface area contributed by atoms with Crippen LogP contribution in [-0.4, -0.2) is 28.6 Å². The number of carboxylic acid groups (broad SMARTS) is 1. The van der Waals surface area contributed by atoms with Gasteiger partial charge < -0.3 is 15.5 Å². The summed E-state index contributed by atoms with van der Waals surface area (Å²) in [5.74, 6) is -5.34. The molecular formula is C11H11F2NO4. The minimum atomic E-state index is -1.23. The van der Waals surface area contributed by atoms with Gasteiger partial charge in [-0.25, -0.2) is 8.78 Å². The molecule has 0 aliphatic rings. The maximum Gasteiger partial charge on any atom is 0.303 e. The number of aliphatic carboxylic acids is 1. The molecule has 0 fully saturated rings. The minimum Gasteiger partial charge on any atom is -0.503 e. The molecule has 0 unspecified atom stereocenters. The number of phenolic OH excluding ortho intramolecular Hbond substituents is 1. The maximum atomic E-state index is 12.9. The van der Waals surface area contributed by atoms with Crippen molar-refractivity contribution < 1.29 is 28.6 Å². The molecule has 1 aromatic carbocycles. The Balaban J connectivity index is 2.59. The van der Waals surface area contributed by atoms with Gasteiger partial charge in [-0.2, -0.15) is 0 Å². The monoisotopic (exact) mass is 259 g/mol. The quantitative estimate of drug-likeness (QED) is 0.695. The first-order valence-electron chi connectivity index (χ1n) is 5.10. The van der Waals surface area contributed by atoms with Crippen molar-refractivity contribution in [3.05, 3.63) is 29.3 Å². The summed E-state index contributed by atoms with van der Waals surface area (Å²) in [5, 5.41) is 19.5. The Labute approximate surface area is 101 Å². The number of halogens is 2. The lowest BCUT2D eigenvalue weighted by Gasteiger charge is -2.05. The van der Waals surface area contributed by atoms with Crippen LogP contribution in [0.15, 0.2) is 12.1 Å². The summed E-state index contributed by atoms with van der Waals surface area (Å²) in [6.45, 7) is 0.0786. The van der Waals surface area contributed by atoms with Crippen LogP contribution in [0.4, 0.5) is 8.78 Å². The number of amides is 1. The molecule has 7 heteroatoms. The number of benzene rings is 1. The number of nitrogens with one attached hydrogen (secondary N) is 1. The Morgan fingerprint density at radius 2 is 1.78 bits per heavy atom. The van der Waals surface area contributed by atoms with Crippen LogP contribution in [-0.2, 0) is 4.79 Å². The number of hydrogen-bond donors (Lipinski definition) is 3. The molecule has 0 aromatic heterocycles. The van der Waals surface area contributed by atoms with Gasteiger partial charge in [-0.1, -0.05) is 0 Å². The highest BCUT2D eigenvalue weighted by molar-refractivity contribution is 5.94. The molecule has 3 N–H and O–H groups in total. The van der Waals surface area contributed by atoms with Crippen LogP contribution in [0, 0.1) is 11.6 Å². The SMILES string of the molecule is O=C(O)CCCNC(=O)c1cc(F)c(O)c(F)c1. The number of carbonyl (C=O) groups is 2. The predicted octanol–water partition coefficient (Wildman–Crippen LogP) is 1.26.